The van der Waals surface area contributed by atoms with Crippen LogP contribution in [-0.4, -0.2) is 57.4 Å². The van der Waals surface area contributed by atoms with Crippen molar-refractivity contribution in [2.45, 2.75) is 52.7 Å². The van der Waals surface area contributed by atoms with Gasteiger partial charge in [0.05, 0.1) is 23.8 Å². The van der Waals surface area contributed by atoms with Crippen LogP contribution in [-0.2, 0) is 9.47 Å². The molecule has 0 radical (unpaired) electrons. The number of hydrogen-bond acceptors (Lipinski definition) is 9. The van der Waals surface area contributed by atoms with Crippen LogP contribution in [0, 0.1) is 11.6 Å². The van der Waals surface area contributed by atoms with Crippen molar-refractivity contribution in [1.29, 1.82) is 0 Å². The van der Waals surface area contributed by atoms with Gasteiger partial charge < -0.3 is 25.6 Å². The number of pyridine rings is 2. The van der Waals surface area contributed by atoms with Gasteiger partial charge in [-0.15, -0.1) is 0 Å². The summed E-state index contributed by atoms with van der Waals surface area (Å²) in [6.07, 6.45) is -0.106. The molecular weight excluding hydrogens is 496 g/mol. The van der Waals surface area contributed by atoms with Gasteiger partial charge in [0.25, 0.3) is 5.91 Å². The van der Waals surface area contributed by atoms with E-state index in [4.69, 9.17) is 20.3 Å². The van der Waals surface area contributed by atoms with Crippen LogP contribution in [0.2, 0.25) is 0 Å². The van der Waals surface area contributed by atoms with Crippen LogP contribution in [0.15, 0.2) is 24.5 Å². The quantitative estimate of drug-likeness (QED) is 0.535. The van der Waals surface area contributed by atoms with E-state index in [9.17, 15) is 28.0 Å². The van der Waals surface area contributed by atoms with Crippen molar-refractivity contribution >= 4 is 35.4 Å². The zero-order chi connectivity index (χ0) is 28.7. The van der Waals surface area contributed by atoms with Crippen LogP contribution in [0.3, 0.4) is 0 Å². The van der Waals surface area contributed by atoms with Gasteiger partial charge >= 0.3 is 18.2 Å². The van der Waals surface area contributed by atoms with Gasteiger partial charge in [-0.05, 0) is 41.5 Å². The van der Waals surface area contributed by atoms with Crippen molar-refractivity contribution in [3.05, 3.63) is 47.5 Å². The van der Waals surface area contributed by atoms with Crippen molar-refractivity contribution in [1.82, 2.24) is 15.3 Å². The molecule has 2 aromatic rings. The summed E-state index contributed by atoms with van der Waals surface area (Å²) in [5, 5.41) is 11.1. The second-order valence-corrected chi connectivity index (χ2v) is 9.30. The summed E-state index contributed by atoms with van der Waals surface area (Å²) < 4.78 is 37.0. The number of nitrogens with two attached hydrogens (primary N) is 1. The number of amides is 3. The number of carbonyl (C=O) groups excluding carboxylic acids is 3. The lowest BCUT2D eigenvalue weighted by atomic mass is 10.2. The zero-order valence-electron chi connectivity index (χ0n) is 21.4. The monoisotopic (exact) mass is 525 g/mol. The summed E-state index contributed by atoms with van der Waals surface area (Å²) in [6.45, 7) is 9.53. The number of halogens is 2. The first-order chi connectivity index (χ1) is 16.9. The van der Waals surface area contributed by atoms with Gasteiger partial charge in [0.15, 0.2) is 23.0 Å². The van der Waals surface area contributed by atoms with E-state index in [1.807, 2.05) is 0 Å². The fourth-order valence-electron chi connectivity index (χ4n) is 2.35. The molecule has 0 saturated carbocycles. The van der Waals surface area contributed by atoms with Crippen LogP contribution >= 0.6 is 0 Å². The maximum atomic E-state index is 13.9. The summed E-state index contributed by atoms with van der Waals surface area (Å²) in [7, 11) is 1.40. The number of nitrogens with one attached hydrogen (secondary N) is 1. The molecule has 0 fully saturated rings. The summed E-state index contributed by atoms with van der Waals surface area (Å²) >= 11 is 0. The predicted octanol–water partition coefficient (Wildman–Crippen LogP) is 3.76. The number of anilines is 2. The number of nitrogens with zero attached hydrogens (tertiary/aromatic N) is 3. The largest absolute Gasteiger partial charge is 0.476 e. The Labute approximate surface area is 211 Å². The number of nitrogen functional groups attached to an aromatic ring is 1. The Morgan fingerprint density at radius 1 is 0.892 bits per heavy atom. The van der Waals surface area contributed by atoms with Crippen LogP contribution in [0.1, 0.15) is 62.5 Å². The summed E-state index contributed by atoms with van der Waals surface area (Å²) in [5.41, 5.74) is 2.18. The molecule has 0 bridgehead atoms. The van der Waals surface area contributed by atoms with Crippen LogP contribution in [0.25, 0.3) is 0 Å². The molecule has 14 heteroatoms. The molecule has 0 aliphatic heterocycles. The first-order valence-corrected chi connectivity index (χ1v) is 10.6. The Bertz CT molecular complexity index is 1150. The highest BCUT2D eigenvalue weighted by molar-refractivity contribution is 6.09. The summed E-state index contributed by atoms with van der Waals surface area (Å²) in [6, 6.07) is 1.75. The minimum absolute atomic E-state index is 0.195. The third kappa shape index (κ3) is 9.66. The molecular formula is C23H29F2N5O7. The molecule has 0 aromatic carbocycles. The Morgan fingerprint density at radius 3 is 1.73 bits per heavy atom. The molecule has 2 heterocycles. The molecule has 202 valence electrons. The topological polar surface area (TPSA) is 174 Å². The molecule has 0 aliphatic rings. The van der Waals surface area contributed by atoms with Gasteiger partial charge in [0.1, 0.15) is 11.2 Å². The highest BCUT2D eigenvalue weighted by Crippen LogP contribution is 2.23. The van der Waals surface area contributed by atoms with Crippen molar-refractivity contribution in [3.8, 4) is 0 Å². The smallest absolute Gasteiger partial charge is 0.424 e. The van der Waals surface area contributed by atoms with Gasteiger partial charge in [-0.25, -0.2) is 33.1 Å². The maximum absolute atomic E-state index is 13.9. The van der Waals surface area contributed by atoms with Crippen LogP contribution in [0.5, 0.6) is 0 Å². The fourth-order valence-corrected chi connectivity index (χ4v) is 2.35. The lowest BCUT2D eigenvalue weighted by molar-refractivity contribution is 0.0429. The highest BCUT2D eigenvalue weighted by atomic mass is 19.1. The van der Waals surface area contributed by atoms with Gasteiger partial charge in [-0.1, -0.05) is 0 Å². The van der Waals surface area contributed by atoms with E-state index < -0.39 is 52.6 Å². The fraction of sp³-hybridized carbons (Fsp3) is 0.391. The van der Waals surface area contributed by atoms with E-state index in [2.05, 4.69) is 15.3 Å². The lowest BCUT2D eigenvalue weighted by Gasteiger charge is -2.28. The van der Waals surface area contributed by atoms with E-state index in [1.165, 1.54) is 13.2 Å². The van der Waals surface area contributed by atoms with Gasteiger partial charge in [-0.2, -0.15) is 4.90 Å². The second kappa shape index (κ2) is 12.1. The zero-order valence-corrected chi connectivity index (χ0v) is 21.4. The minimum atomic E-state index is -1.58. The molecule has 2 rings (SSSR count). The molecule has 12 nitrogen and oxygen atoms in total. The second-order valence-electron chi connectivity index (χ2n) is 9.30. The first kappa shape index (κ1) is 30.7. The molecule has 0 saturated heterocycles. The normalized spacial score (nSPS) is 10.9. The number of ether oxygens (including phenoxy) is 2. The number of imide groups is 1. The van der Waals surface area contributed by atoms with Crippen LogP contribution < -0.4 is 16.0 Å². The summed E-state index contributed by atoms with van der Waals surface area (Å²) in [4.78, 5) is 53.9. The highest BCUT2D eigenvalue weighted by Gasteiger charge is 2.33. The van der Waals surface area contributed by atoms with E-state index in [0.29, 0.717) is 11.0 Å². The first-order valence-electron chi connectivity index (χ1n) is 10.6. The number of aromatic nitrogens is 2. The van der Waals surface area contributed by atoms with E-state index in [1.54, 1.807) is 41.5 Å². The lowest BCUT2D eigenvalue weighted by Crippen LogP contribution is -2.44. The van der Waals surface area contributed by atoms with Gasteiger partial charge in [0, 0.05) is 19.2 Å². The van der Waals surface area contributed by atoms with E-state index in [0.717, 1.165) is 12.3 Å². The van der Waals surface area contributed by atoms with E-state index in [-0.39, 0.29) is 17.1 Å². The third-order valence-electron chi connectivity index (χ3n) is 3.74. The average Bonchev–Trinajstić information content (AvgIpc) is 2.71. The third-order valence-corrected chi connectivity index (χ3v) is 3.74. The minimum Gasteiger partial charge on any atom is -0.476 e. The Morgan fingerprint density at radius 2 is 1.35 bits per heavy atom. The maximum Gasteiger partial charge on any atom is 0.424 e. The number of aromatic carboxylic acids is 1. The molecule has 2 aromatic heterocycles. The Kier molecular flexibility index (Phi) is 9.99. The molecule has 37 heavy (non-hydrogen) atoms. The molecule has 3 amide bonds. The average molecular weight is 526 g/mol. The number of carbonyl (C=O) groups is 4. The molecule has 0 unspecified atom stereocenters. The number of carboxylic acid groups (broad SMARTS) is 1. The Hall–Kier alpha value is -4.36. The van der Waals surface area contributed by atoms with E-state index >= 15 is 0 Å². The molecule has 0 aliphatic carbocycles. The number of carboxylic acids is 1. The number of rotatable bonds is 3. The van der Waals surface area contributed by atoms with Gasteiger partial charge in [-0.3, -0.25) is 4.79 Å². The van der Waals surface area contributed by atoms with Crippen molar-refractivity contribution < 1.29 is 42.5 Å². The predicted molar refractivity (Wildman–Crippen MR) is 128 cm³/mol. The van der Waals surface area contributed by atoms with Gasteiger partial charge in [0.2, 0.25) is 0 Å². The molecule has 0 atom stereocenters. The van der Waals surface area contributed by atoms with Crippen LogP contribution in [0.4, 0.5) is 29.7 Å². The molecule has 4 N–H and O–H groups in total. The molecule has 0 spiro atoms. The SMILES string of the molecule is CC(C)(C)OC(=O)N(C(=O)OC(C)(C)C)c1cnc(C(=O)O)c(F)c1.CNC(=O)c1ncc(N)cc1F. The number of hydrogen-bond donors (Lipinski definition) is 3. The standard InChI is InChI=1S/C16H21FN2O6.C7H8FN3O/c1-15(2,3)24-13(22)19(14(23)25-16(4,5)6)9-7-10(17)11(12(20)21)18-8-9;1-10-7(12)6-5(8)2-4(9)3-11-6/h7-8H,1-6H3,(H,20,21);2-3H,9H2,1H3,(H,10,12). The van der Waals surface area contributed by atoms with Crippen molar-refractivity contribution in [3.63, 3.8) is 0 Å². The summed E-state index contributed by atoms with van der Waals surface area (Å²) in [5.74, 6) is -4.06. The van der Waals surface area contributed by atoms with Crippen molar-refractivity contribution in [2.24, 2.45) is 0 Å². The van der Waals surface area contributed by atoms with Crippen molar-refractivity contribution in [2.75, 3.05) is 17.7 Å². The Balaban J connectivity index is 0.000000474.